The average Bonchev–Trinajstić information content (AvgIpc) is 2.30. The van der Waals surface area contributed by atoms with Gasteiger partial charge >= 0.3 is 0 Å². The van der Waals surface area contributed by atoms with Crippen LogP contribution in [0.25, 0.3) is 0 Å². The summed E-state index contributed by atoms with van der Waals surface area (Å²) in [5.41, 5.74) is 0.372. The molecule has 0 aromatic heterocycles. The SMILES string of the molecule is CC1CC([C@]2(C)C#CSC2)C1. The quantitative estimate of drug-likeness (QED) is 0.540. The summed E-state index contributed by atoms with van der Waals surface area (Å²) in [6, 6.07) is 0. The third-order valence-corrected chi connectivity index (χ3v) is 4.05. The Morgan fingerprint density at radius 1 is 1.45 bits per heavy atom. The first-order valence-electron chi connectivity index (χ1n) is 4.35. The van der Waals surface area contributed by atoms with Crippen LogP contribution >= 0.6 is 11.8 Å². The van der Waals surface area contributed by atoms with E-state index in [4.69, 9.17) is 0 Å². The average molecular weight is 166 g/mol. The fourth-order valence-corrected chi connectivity index (χ4v) is 3.00. The van der Waals surface area contributed by atoms with Crippen molar-refractivity contribution >= 4 is 11.8 Å². The zero-order chi connectivity index (χ0) is 7.90. The molecule has 1 aliphatic heterocycles. The summed E-state index contributed by atoms with van der Waals surface area (Å²) >= 11 is 1.80. The third kappa shape index (κ3) is 1.18. The molecule has 0 aromatic rings. The van der Waals surface area contributed by atoms with Crippen LogP contribution in [0.3, 0.4) is 0 Å². The highest BCUT2D eigenvalue weighted by molar-refractivity contribution is 8.04. The van der Waals surface area contributed by atoms with Crippen molar-refractivity contribution in [1.29, 1.82) is 0 Å². The molecule has 1 saturated carbocycles. The monoisotopic (exact) mass is 166 g/mol. The molecule has 1 heteroatoms. The van der Waals surface area contributed by atoms with Crippen LogP contribution in [0.2, 0.25) is 0 Å². The van der Waals surface area contributed by atoms with Gasteiger partial charge in [-0.3, -0.25) is 0 Å². The van der Waals surface area contributed by atoms with Crippen LogP contribution in [0.1, 0.15) is 26.7 Å². The molecule has 0 unspecified atom stereocenters. The van der Waals surface area contributed by atoms with Gasteiger partial charge in [-0.05, 0) is 36.9 Å². The van der Waals surface area contributed by atoms with Gasteiger partial charge in [0.2, 0.25) is 0 Å². The second-order valence-electron chi connectivity index (χ2n) is 4.21. The van der Waals surface area contributed by atoms with Gasteiger partial charge < -0.3 is 0 Å². The Bertz CT molecular complexity index is 217. The normalized spacial score (nSPS) is 47.8. The van der Waals surface area contributed by atoms with Gasteiger partial charge in [-0.15, -0.1) is 0 Å². The molecular weight excluding hydrogens is 152 g/mol. The zero-order valence-corrected chi connectivity index (χ0v) is 8.00. The summed E-state index contributed by atoms with van der Waals surface area (Å²) in [5.74, 6) is 6.45. The molecule has 0 radical (unpaired) electrons. The number of thioether (sulfide) groups is 1. The van der Waals surface area contributed by atoms with E-state index in [9.17, 15) is 0 Å². The molecule has 0 aromatic carbocycles. The molecule has 0 amide bonds. The molecule has 2 aliphatic rings. The maximum absolute atomic E-state index is 3.37. The van der Waals surface area contributed by atoms with E-state index in [2.05, 4.69) is 25.0 Å². The van der Waals surface area contributed by atoms with E-state index in [0.29, 0.717) is 5.41 Å². The van der Waals surface area contributed by atoms with Crippen molar-refractivity contribution in [3.8, 4) is 11.2 Å². The molecule has 60 valence electrons. The van der Waals surface area contributed by atoms with Crippen molar-refractivity contribution in [3.63, 3.8) is 0 Å². The zero-order valence-electron chi connectivity index (χ0n) is 7.18. The second-order valence-corrected chi connectivity index (χ2v) is 4.99. The van der Waals surface area contributed by atoms with E-state index in [-0.39, 0.29) is 0 Å². The molecule has 2 rings (SSSR count). The first kappa shape index (κ1) is 7.55. The largest absolute Gasteiger partial charge is 0.0836 e. The molecule has 0 bridgehead atoms. The van der Waals surface area contributed by atoms with Gasteiger partial charge in [0.15, 0.2) is 0 Å². The van der Waals surface area contributed by atoms with Gasteiger partial charge in [-0.25, -0.2) is 0 Å². The van der Waals surface area contributed by atoms with Gasteiger partial charge in [0.05, 0.1) is 0 Å². The molecule has 1 heterocycles. The molecule has 0 nitrogen and oxygen atoms in total. The Labute approximate surface area is 73.1 Å². The van der Waals surface area contributed by atoms with E-state index >= 15 is 0 Å². The van der Waals surface area contributed by atoms with Gasteiger partial charge in [0.1, 0.15) is 0 Å². The minimum absolute atomic E-state index is 0.372. The van der Waals surface area contributed by atoms with Gasteiger partial charge in [0.25, 0.3) is 0 Å². The first-order chi connectivity index (χ1) is 5.21. The van der Waals surface area contributed by atoms with Crippen molar-refractivity contribution in [3.05, 3.63) is 0 Å². The minimum atomic E-state index is 0.372. The van der Waals surface area contributed by atoms with Crippen LogP contribution in [-0.2, 0) is 0 Å². The standard InChI is InChI=1S/C10H14S/c1-8-5-9(6-8)10(2)3-4-11-7-10/h8-9H,5-7H2,1-2H3/t8?,9?,10-/m1/s1. The third-order valence-electron chi connectivity index (χ3n) is 3.06. The van der Waals surface area contributed by atoms with E-state index in [1.807, 2.05) is 0 Å². The van der Waals surface area contributed by atoms with Gasteiger partial charge in [-0.1, -0.05) is 24.6 Å². The van der Waals surface area contributed by atoms with Crippen LogP contribution in [0.15, 0.2) is 0 Å². The Kier molecular flexibility index (Phi) is 1.68. The molecule has 11 heavy (non-hydrogen) atoms. The fourth-order valence-electron chi connectivity index (χ4n) is 2.02. The molecular formula is C10H14S. The highest BCUT2D eigenvalue weighted by Gasteiger charge is 2.41. The number of hydrogen-bond acceptors (Lipinski definition) is 1. The maximum atomic E-state index is 3.37. The van der Waals surface area contributed by atoms with Crippen LogP contribution in [0.4, 0.5) is 0 Å². The number of hydrogen-bond donors (Lipinski definition) is 0. The van der Waals surface area contributed by atoms with Crippen molar-refractivity contribution in [2.24, 2.45) is 17.3 Å². The van der Waals surface area contributed by atoms with Crippen molar-refractivity contribution in [2.45, 2.75) is 26.7 Å². The first-order valence-corrected chi connectivity index (χ1v) is 5.33. The van der Waals surface area contributed by atoms with Crippen molar-refractivity contribution in [1.82, 2.24) is 0 Å². The molecule has 0 spiro atoms. The smallest absolute Gasteiger partial charge is 0.0423 e. The van der Waals surface area contributed by atoms with Crippen LogP contribution in [0, 0.1) is 28.4 Å². The van der Waals surface area contributed by atoms with E-state index < -0.39 is 0 Å². The Morgan fingerprint density at radius 2 is 2.18 bits per heavy atom. The Hall–Kier alpha value is -0.0900. The highest BCUT2D eigenvalue weighted by atomic mass is 32.2. The van der Waals surface area contributed by atoms with Crippen molar-refractivity contribution in [2.75, 3.05) is 5.75 Å². The molecule has 1 aliphatic carbocycles. The van der Waals surface area contributed by atoms with E-state index in [1.54, 1.807) is 11.8 Å². The maximum Gasteiger partial charge on any atom is 0.0423 e. The highest BCUT2D eigenvalue weighted by Crippen LogP contribution is 2.48. The minimum Gasteiger partial charge on any atom is -0.0836 e. The number of rotatable bonds is 1. The molecule has 0 N–H and O–H groups in total. The second kappa shape index (κ2) is 2.45. The Morgan fingerprint density at radius 3 is 2.64 bits per heavy atom. The summed E-state index contributed by atoms with van der Waals surface area (Å²) < 4.78 is 0. The summed E-state index contributed by atoms with van der Waals surface area (Å²) in [7, 11) is 0. The van der Waals surface area contributed by atoms with Gasteiger partial charge in [0, 0.05) is 11.2 Å². The molecule has 1 atom stereocenters. The lowest BCUT2D eigenvalue weighted by atomic mass is 9.63. The van der Waals surface area contributed by atoms with E-state index in [1.165, 1.54) is 18.6 Å². The molecule has 0 saturated heterocycles. The van der Waals surface area contributed by atoms with Gasteiger partial charge in [-0.2, -0.15) is 0 Å². The lowest BCUT2D eigenvalue weighted by Gasteiger charge is -2.41. The predicted molar refractivity (Wildman–Crippen MR) is 50.2 cm³/mol. The molecule has 1 fully saturated rings. The van der Waals surface area contributed by atoms with Crippen molar-refractivity contribution < 1.29 is 0 Å². The van der Waals surface area contributed by atoms with E-state index in [0.717, 1.165) is 11.8 Å². The summed E-state index contributed by atoms with van der Waals surface area (Å²) in [6.07, 6.45) is 2.82. The fraction of sp³-hybridized carbons (Fsp3) is 0.800. The van der Waals surface area contributed by atoms with Crippen LogP contribution in [0.5, 0.6) is 0 Å². The predicted octanol–water partition coefficient (Wildman–Crippen LogP) is 2.75. The summed E-state index contributed by atoms with van der Waals surface area (Å²) in [4.78, 5) is 0. The van der Waals surface area contributed by atoms with Crippen LogP contribution < -0.4 is 0 Å². The lowest BCUT2D eigenvalue weighted by Crippen LogP contribution is -2.36. The Balaban J connectivity index is 2.01. The summed E-state index contributed by atoms with van der Waals surface area (Å²) in [5, 5.41) is 3.14. The lowest BCUT2D eigenvalue weighted by molar-refractivity contribution is 0.119. The van der Waals surface area contributed by atoms with Crippen LogP contribution in [-0.4, -0.2) is 5.75 Å². The topological polar surface area (TPSA) is 0 Å². The summed E-state index contributed by atoms with van der Waals surface area (Å²) in [6.45, 7) is 4.67.